The van der Waals surface area contributed by atoms with Crippen molar-refractivity contribution < 1.29 is 0 Å². The van der Waals surface area contributed by atoms with Crippen LogP contribution in [0.4, 0.5) is 0 Å². The van der Waals surface area contributed by atoms with Gasteiger partial charge >= 0.3 is 0 Å². The van der Waals surface area contributed by atoms with Gasteiger partial charge in [0.15, 0.2) is 0 Å². The minimum absolute atomic E-state index is 0.592. The summed E-state index contributed by atoms with van der Waals surface area (Å²) in [6, 6.07) is 0. The van der Waals surface area contributed by atoms with Crippen LogP contribution in [0, 0.1) is 0 Å². The van der Waals surface area contributed by atoms with E-state index in [1.54, 1.807) is 11.8 Å². The summed E-state index contributed by atoms with van der Waals surface area (Å²) in [6.07, 6.45) is 4.81. The standard InChI is InChI=1S/C7H12ClNS/c1-4-5-7(8)9-6(2)10-3/h5H,4H2,1-3H3/b7-5-,9-6?. The first-order valence-corrected chi connectivity index (χ1v) is 4.76. The summed E-state index contributed by atoms with van der Waals surface area (Å²) in [4.78, 5) is 4.09. The summed E-state index contributed by atoms with van der Waals surface area (Å²) in [5, 5.41) is 1.59. The largest absolute Gasteiger partial charge is 0.235 e. The first-order chi connectivity index (χ1) is 4.70. The molecule has 0 rings (SSSR count). The molecule has 3 heteroatoms. The van der Waals surface area contributed by atoms with Crippen molar-refractivity contribution in [1.29, 1.82) is 0 Å². The molecule has 0 amide bonds. The maximum absolute atomic E-state index is 5.71. The van der Waals surface area contributed by atoms with Gasteiger partial charge in [0, 0.05) is 0 Å². The number of nitrogens with zero attached hydrogens (tertiary/aromatic N) is 1. The molecule has 0 heterocycles. The van der Waals surface area contributed by atoms with Gasteiger partial charge in [0.25, 0.3) is 0 Å². The van der Waals surface area contributed by atoms with Gasteiger partial charge in [-0.3, -0.25) is 0 Å². The monoisotopic (exact) mass is 177 g/mol. The second-order valence-corrected chi connectivity index (χ2v) is 3.16. The van der Waals surface area contributed by atoms with Gasteiger partial charge in [-0.2, -0.15) is 0 Å². The average Bonchev–Trinajstić information content (AvgIpc) is 1.88. The highest BCUT2D eigenvalue weighted by Crippen LogP contribution is 2.08. The fourth-order valence-electron chi connectivity index (χ4n) is 0.410. The first kappa shape index (κ1) is 10.0. The highest BCUT2D eigenvalue weighted by atomic mass is 35.5. The summed E-state index contributed by atoms with van der Waals surface area (Å²) < 4.78 is 0. The van der Waals surface area contributed by atoms with Crippen molar-refractivity contribution in [3.63, 3.8) is 0 Å². The van der Waals surface area contributed by atoms with Crippen molar-refractivity contribution in [3.05, 3.63) is 11.2 Å². The summed E-state index contributed by atoms with van der Waals surface area (Å²) in [7, 11) is 0. The first-order valence-electron chi connectivity index (χ1n) is 3.15. The Hall–Kier alpha value is 0.0500. The molecule has 0 saturated carbocycles. The Morgan fingerprint density at radius 1 is 1.70 bits per heavy atom. The van der Waals surface area contributed by atoms with Gasteiger partial charge in [-0.1, -0.05) is 18.5 Å². The lowest BCUT2D eigenvalue weighted by molar-refractivity contribution is 1.20. The molecular formula is C7H12ClNS. The van der Waals surface area contributed by atoms with E-state index in [0.717, 1.165) is 11.5 Å². The van der Waals surface area contributed by atoms with Crippen molar-refractivity contribution >= 4 is 28.4 Å². The Morgan fingerprint density at radius 2 is 2.30 bits per heavy atom. The van der Waals surface area contributed by atoms with E-state index >= 15 is 0 Å². The quantitative estimate of drug-likeness (QED) is 0.358. The van der Waals surface area contributed by atoms with Gasteiger partial charge in [0.2, 0.25) is 0 Å². The predicted molar refractivity (Wildman–Crippen MR) is 50.9 cm³/mol. The Labute approximate surface area is 71.6 Å². The van der Waals surface area contributed by atoms with E-state index in [2.05, 4.69) is 4.99 Å². The smallest absolute Gasteiger partial charge is 0.125 e. The van der Waals surface area contributed by atoms with Crippen molar-refractivity contribution in [2.45, 2.75) is 20.3 Å². The van der Waals surface area contributed by atoms with Crippen molar-refractivity contribution in [3.8, 4) is 0 Å². The van der Waals surface area contributed by atoms with Crippen LogP contribution in [0.5, 0.6) is 0 Å². The third-order valence-corrected chi connectivity index (χ3v) is 1.85. The fraction of sp³-hybridized carbons (Fsp3) is 0.571. The van der Waals surface area contributed by atoms with Crippen LogP contribution >= 0.6 is 23.4 Å². The highest BCUT2D eigenvalue weighted by molar-refractivity contribution is 8.13. The fourth-order valence-corrected chi connectivity index (χ4v) is 0.931. The van der Waals surface area contributed by atoms with E-state index in [0.29, 0.717) is 5.16 Å². The third-order valence-electron chi connectivity index (χ3n) is 0.932. The van der Waals surface area contributed by atoms with Gasteiger partial charge in [-0.25, -0.2) is 4.99 Å². The molecule has 0 aromatic rings. The number of hydrogen-bond acceptors (Lipinski definition) is 2. The molecule has 0 aliphatic carbocycles. The average molecular weight is 178 g/mol. The molecule has 58 valence electrons. The molecular weight excluding hydrogens is 166 g/mol. The van der Waals surface area contributed by atoms with Gasteiger partial charge in [-0.15, -0.1) is 11.8 Å². The van der Waals surface area contributed by atoms with E-state index in [-0.39, 0.29) is 0 Å². The molecule has 1 nitrogen and oxygen atoms in total. The Kier molecular flexibility index (Phi) is 5.84. The minimum Gasteiger partial charge on any atom is -0.235 e. The normalized spacial score (nSPS) is 14.0. The zero-order valence-corrected chi connectivity index (χ0v) is 8.09. The number of thioether (sulfide) groups is 1. The second-order valence-electron chi connectivity index (χ2n) is 1.77. The minimum atomic E-state index is 0.592. The molecule has 0 aromatic carbocycles. The van der Waals surface area contributed by atoms with Crippen LogP contribution in [0.1, 0.15) is 20.3 Å². The lowest BCUT2D eigenvalue weighted by Crippen LogP contribution is -1.79. The van der Waals surface area contributed by atoms with Crippen molar-refractivity contribution in [2.75, 3.05) is 6.26 Å². The van der Waals surface area contributed by atoms with Crippen LogP contribution in [-0.2, 0) is 0 Å². The van der Waals surface area contributed by atoms with Crippen LogP contribution in [0.2, 0.25) is 0 Å². The molecule has 0 spiro atoms. The predicted octanol–water partition coefficient (Wildman–Crippen LogP) is 3.26. The summed E-state index contributed by atoms with van der Waals surface area (Å²) in [5.41, 5.74) is 0. The van der Waals surface area contributed by atoms with Gasteiger partial charge in [0.05, 0.1) is 5.04 Å². The van der Waals surface area contributed by atoms with E-state index in [1.807, 2.05) is 26.2 Å². The van der Waals surface area contributed by atoms with Gasteiger partial charge < -0.3 is 0 Å². The van der Waals surface area contributed by atoms with E-state index in [1.165, 1.54) is 0 Å². The van der Waals surface area contributed by atoms with Crippen LogP contribution in [0.25, 0.3) is 0 Å². The molecule has 0 radical (unpaired) electrons. The number of allylic oxidation sites excluding steroid dienone is 1. The van der Waals surface area contributed by atoms with Crippen molar-refractivity contribution in [2.24, 2.45) is 4.99 Å². The molecule has 0 saturated heterocycles. The topological polar surface area (TPSA) is 12.4 Å². The Bertz CT molecular complexity index is 152. The molecule has 0 unspecified atom stereocenters. The number of halogens is 1. The SMILES string of the molecule is CC/C=C(/Cl)N=C(C)SC. The van der Waals surface area contributed by atoms with Crippen LogP contribution in [-0.4, -0.2) is 11.3 Å². The van der Waals surface area contributed by atoms with Gasteiger partial charge in [0.1, 0.15) is 5.16 Å². The van der Waals surface area contributed by atoms with Crippen LogP contribution in [0.15, 0.2) is 16.2 Å². The summed E-state index contributed by atoms with van der Waals surface area (Å²) in [6.45, 7) is 3.98. The van der Waals surface area contributed by atoms with Crippen molar-refractivity contribution in [1.82, 2.24) is 0 Å². The lowest BCUT2D eigenvalue weighted by atomic mass is 10.5. The van der Waals surface area contributed by atoms with Crippen LogP contribution < -0.4 is 0 Å². The molecule has 10 heavy (non-hydrogen) atoms. The maximum atomic E-state index is 5.71. The Balaban J connectivity index is 3.98. The molecule has 0 aromatic heterocycles. The Morgan fingerprint density at radius 3 is 2.70 bits per heavy atom. The van der Waals surface area contributed by atoms with Gasteiger partial charge in [-0.05, 0) is 25.7 Å². The molecule has 0 aliphatic rings. The zero-order chi connectivity index (χ0) is 7.98. The zero-order valence-electron chi connectivity index (χ0n) is 6.52. The van der Waals surface area contributed by atoms with Crippen LogP contribution in [0.3, 0.4) is 0 Å². The molecule has 0 bridgehead atoms. The lowest BCUT2D eigenvalue weighted by Gasteiger charge is -1.92. The maximum Gasteiger partial charge on any atom is 0.125 e. The second kappa shape index (κ2) is 5.81. The molecule has 0 aliphatic heterocycles. The number of rotatable bonds is 2. The summed E-state index contributed by atoms with van der Waals surface area (Å²) >= 11 is 7.32. The van der Waals surface area contributed by atoms with E-state index in [9.17, 15) is 0 Å². The summed E-state index contributed by atoms with van der Waals surface area (Å²) in [5.74, 6) is 0. The highest BCUT2D eigenvalue weighted by Gasteiger charge is 1.87. The van der Waals surface area contributed by atoms with E-state index < -0.39 is 0 Å². The molecule has 0 N–H and O–H groups in total. The third kappa shape index (κ3) is 4.89. The molecule has 0 atom stereocenters. The number of aliphatic imine (C=N–C) groups is 1. The number of hydrogen-bond donors (Lipinski definition) is 0. The van der Waals surface area contributed by atoms with E-state index in [4.69, 9.17) is 11.6 Å². The molecule has 0 fully saturated rings.